The van der Waals surface area contributed by atoms with Gasteiger partial charge in [-0.1, -0.05) is 12.1 Å². The Morgan fingerprint density at radius 3 is 2.63 bits per heavy atom. The van der Waals surface area contributed by atoms with Crippen molar-refractivity contribution in [2.45, 2.75) is 51.6 Å². The summed E-state index contributed by atoms with van der Waals surface area (Å²) in [7, 11) is 1.66. The van der Waals surface area contributed by atoms with Crippen LogP contribution >= 0.6 is 0 Å². The maximum atomic E-state index is 12.6. The lowest BCUT2D eigenvalue weighted by molar-refractivity contribution is -0.385. The maximum absolute atomic E-state index is 12.6. The lowest BCUT2D eigenvalue weighted by Crippen LogP contribution is -2.49. The summed E-state index contributed by atoms with van der Waals surface area (Å²) in [5.41, 5.74) is -1.05. The van der Waals surface area contributed by atoms with Gasteiger partial charge in [-0.3, -0.25) is 14.9 Å². The highest BCUT2D eigenvalue weighted by Gasteiger charge is 2.39. The number of hydrogen-bond acceptors (Lipinski definition) is 8. The summed E-state index contributed by atoms with van der Waals surface area (Å²) in [5, 5.41) is 14.2. The number of nitro benzene ring substituents is 1. The topological polar surface area (TPSA) is 130 Å². The molecule has 0 bridgehead atoms. The van der Waals surface area contributed by atoms with E-state index in [-0.39, 0.29) is 23.0 Å². The molecular formula is C25H26N2O8. The van der Waals surface area contributed by atoms with Crippen molar-refractivity contribution in [1.29, 1.82) is 0 Å². The third kappa shape index (κ3) is 4.89. The van der Waals surface area contributed by atoms with Gasteiger partial charge in [0.1, 0.15) is 22.6 Å². The van der Waals surface area contributed by atoms with Crippen molar-refractivity contribution >= 4 is 28.3 Å². The predicted octanol–water partition coefficient (Wildman–Crippen LogP) is 4.57. The van der Waals surface area contributed by atoms with Crippen molar-refractivity contribution in [1.82, 2.24) is 0 Å². The Morgan fingerprint density at radius 1 is 1.20 bits per heavy atom. The first-order valence-electron chi connectivity index (χ1n) is 11.1. The van der Waals surface area contributed by atoms with Crippen LogP contribution in [-0.4, -0.2) is 35.9 Å². The molecule has 1 saturated heterocycles. The number of fused-ring (bicyclic) bond motifs is 1. The molecule has 0 radical (unpaired) electrons. The molecule has 1 fully saturated rings. The van der Waals surface area contributed by atoms with E-state index in [1.165, 1.54) is 30.3 Å². The number of aryl methyl sites for hydroxylation is 1. The van der Waals surface area contributed by atoms with Crippen LogP contribution < -0.4 is 15.7 Å². The lowest BCUT2D eigenvalue weighted by Gasteiger charge is -2.41. The molecule has 0 spiro atoms. The molecular weight excluding hydrogens is 456 g/mol. The zero-order chi connectivity index (χ0) is 25.3. The average molecular weight is 482 g/mol. The molecule has 1 N–H and O–H groups in total. The number of nitrogens with one attached hydrogen (secondary N) is 1. The van der Waals surface area contributed by atoms with Crippen molar-refractivity contribution in [3.63, 3.8) is 0 Å². The largest absolute Gasteiger partial charge is 0.465 e. The Hall–Kier alpha value is -3.76. The zero-order valence-electron chi connectivity index (χ0n) is 19.8. The van der Waals surface area contributed by atoms with Crippen LogP contribution in [0.15, 0.2) is 51.7 Å². The second-order valence-corrected chi connectivity index (χ2v) is 8.85. The SMILES string of the molecule is COC1CCC(Oc2ccc3cc(NC(=O)c4ccccc4[N+](=O)[O-])c(=O)oc3c2C)OC1(C)C. The van der Waals surface area contributed by atoms with Crippen LogP contribution in [0, 0.1) is 17.0 Å². The summed E-state index contributed by atoms with van der Waals surface area (Å²) in [5.74, 6) is -0.277. The Labute approximate surface area is 200 Å². The Balaban J connectivity index is 1.58. The number of para-hydroxylation sites is 1. The van der Waals surface area contributed by atoms with Gasteiger partial charge in [-0.25, -0.2) is 4.79 Å². The smallest absolute Gasteiger partial charge is 0.360 e. The maximum Gasteiger partial charge on any atom is 0.360 e. The van der Waals surface area contributed by atoms with Crippen LogP contribution in [0.3, 0.4) is 0 Å². The van der Waals surface area contributed by atoms with Crippen LogP contribution in [0.25, 0.3) is 11.0 Å². The number of methoxy groups -OCH3 is 1. The molecule has 184 valence electrons. The van der Waals surface area contributed by atoms with Crippen molar-refractivity contribution in [3.05, 3.63) is 74.1 Å². The van der Waals surface area contributed by atoms with E-state index in [0.717, 1.165) is 6.42 Å². The van der Waals surface area contributed by atoms with Crippen LogP contribution in [0.5, 0.6) is 5.75 Å². The predicted molar refractivity (Wildman–Crippen MR) is 128 cm³/mol. The summed E-state index contributed by atoms with van der Waals surface area (Å²) < 4.78 is 23.1. The van der Waals surface area contributed by atoms with Gasteiger partial charge in [0.15, 0.2) is 0 Å². The molecule has 2 unspecified atom stereocenters. The molecule has 35 heavy (non-hydrogen) atoms. The van der Waals surface area contributed by atoms with E-state index in [0.29, 0.717) is 28.7 Å². The van der Waals surface area contributed by atoms with E-state index in [9.17, 15) is 19.7 Å². The fourth-order valence-electron chi connectivity index (χ4n) is 4.27. The monoisotopic (exact) mass is 482 g/mol. The summed E-state index contributed by atoms with van der Waals surface area (Å²) in [6.45, 7) is 5.66. The fourth-order valence-corrected chi connectivity index (χ4v) is 4.27. The Kier molecular flexibility index (Phi) is 6.60. The Bertz CT molecular complexity index is 1350. The van der Waals surface area contributed by atoms with Crippen LogP contribution in [0.1, 0.15) is 42.6 Å². The van der Waals surface area contributed by atoms with E-state index < -0.39 is 28.3 Å². The number of nitro groups is 1. The highest BCUT2D eigenvalue weighted by molar-refractivity contribution is 6.07. The minimum atomic E-state index is -0.789. The van der Waals surface area contributed by atoms with E-state index in [1.54, 1.807) is 26.2 Å². The molecule has 2 heterocycles. The molecule has 3 aromatic rings. The number of benzene rings is 2. The average Bonchev–Trinajstić information content (AvgIpc) is 2.81. The van der Waals surface area contributed by atoms with Gasteiger partial charge in [0, 0.05) is 30.5 Å². The van der Waals surface area contributed by atoms with Gasteiger partial charge in [-0.05, 0) is 51.5 Å². The van der Waals surface area contributed by atoms with Crippen LogP contribution in [0.4, 0.5) is 11.4 Å². The number of rotatable bonds is 6. The first kappa shape index (κ1) is 24.4. The first-order chi connectivity index (χ1) is 16.6. The van der Waals surface area contributed by atoms with E-state index in [2.05, 4.69) is 5.32 Å². The summed E-state index contributed by atoms with van der Waals surface area (Å²) in [6.07, 6.45) is 0.891. The second-order valence-electron chi connectivity index (χ2n) is 8.85. The third-order valence-electron chi connectivity index (χ3n) is 6.11. The molecule has 0 saturated carbocycles. The molecule has 1 aliphatic heterocycles. The standard InChI is InChI=1S/C25H26N2O8/c1-14-19(33-21-12-11-20(32-4)25(2,3)35-21)10-9-15-13-17(24(29)34-22(14)15)26-23(28)16-7-5-6-8-18(16)27(30)31/h5-10,13,20-21H,11-12H2,1-4H3,(H,26,28). The van der Waals surface area contributed by atoms with E-state index >= 15 is 0 Å². The van der Waals surface area contributed by atoms with Gasteiger partial charge in [-0.15, -0.1) is 0 Å². The molecule has 1 aliphatic rings. The van der Waals surface area contributed by atoms with Crippen molar-refractivity contribution in [2.75, 3.05) is 12.4 Å². The third-order valence-corrected chi connectivity index (χ3v) is 6.11. The van der Waals surface area contributed by atoms with Crippen molar-refractivity contribution in [2.24, 2.45) is 0 Å². The molecule has 0 aliphatic carbocycles. The number of carbonyl (C=O) groups excluding carboxylic acids is 1. The molecule has 2 aromatic carbocycles. The summed E-state index contributed by atoms with van der Waals surface area (Å²) >= 11 is 0. The minimum absolute atomic E-state index is 0.0379. The molecule has 4 rings (SSSR count). The second kappa shape index (κ2) is 9.47. The first-order valence-corrected chi connectivity index (χ1v) is 11.1. The Morgan fingerprint density at radius 2 is 1.94 bits per heavy atom. The van der Waals surface area contributed by atoms with Gasteiger partial charge in [0.2, 0.25) is 6.29 Å². The van der Waals surface area contributed by atoms with Crippen LogP contribution in [0.2, 0.25) is 0 Å². The molecule has 1 amide bonds. The number of carbonyl (C=O) groups is 1. The van der Waals surface area contributed by atoms with Crippen molar-refractivity contribution in [3.8, 4) is 5.75 Å². The zero-order valence-corrected chi connectivity index (χ0v) is 19.8. The number of amides is 1. The van der Waals surface area contributed by atoms with E-state index in [1.807, 2.05) is 13.8 Å². The minimum Gasteiger partial charge on any atom is -0.465 e. The number of hydrogen-bond donors (Lipinski definition) is 1. The number of nitrogens with zero attached hydrogens (tertiary/aromatic N) is 1. The van der Waals surface area contributed by atoms with Crippen LogP contribution in [-0.2, 0) is 9.47 Å². The molecule has 1 aromatic heterocycles. The normalized spacial score (nSPS) is 19.3. The lowest BCUT2D eigenvalue weighted by atomic mass is 9.94. The highest BCUT2D eigenvalue weighted by atomic mass is 16.7. The van der Waals surface area contributed by atoms with Gasteiger partial charge in [0.05, 0.1) is 16.6 Å². The molecule has 2 atom stereocenters. The number of anilines is 1. The highest BCUT2D eigenvalue weighted by Crippen LogP contribution is 2.34. The fraction of sp³-hybridized carbons (Fsp3) is 0.360. The van der Waals surface area contributed by atoms with Gasteiger partial charge < -0.3 is 23.9 Å². The quantitative estimate of drug-likeness (QED) is 0.307. The molecule has 10 nitrogen and oxygen atoms in total. The number of ether oxygens (including phenoxy) is 3. The van der Waals surface area contributed by atoms with Gasteiger partial charge in [0.25, 0.3) is 11.6 Å². The molecule has 10 heteroatoms. The van der Waals surface area contributed by atoms with E-state index in [4.69, 9.17) is 18.6 Å². The van der Waals surface area contributed by atoms with Crippen molar-refractivity contribution < 1.29 is 28.3 Å². The van der Waals surface area contributed by atoms with Gasteiger partial charge in [-0.2, -0.15) is 0 Å². The summed E-state index contributed by atoms with van der Waals surface area (Å²) in [6, 6.07) is 10.4. The summed E-state index contributed by atoms with van der Waals surface area (Å²) in [4.78, 5) is 35.8. The van der Waals surface area contributed by atoms with Gasteiger partial charge >= 0.3 is 5.63 Å².